The summed E-state index contributed by atoms with van der Waals surface area (Å²) in [6.45, 7) is 5.35. The molecule has 0 atom stereocenters. The fraction of sp³-hybridized carbons (Fsp3) is 0.367. The Morgan fingerprint density at radius 1 is 0.865 bits per heavy atom. The topological polar surface area (TPSA) is 77.6 Å². The van der Waals surface area contributed by atoms with E-state index >= 15 is 0 Å². The number of piperidine rings is 1. The third-order valence-electron chi connectivity index (χ3n) is 7.22. The van der Waals surface area contributed by atoms with Crippen molar-refractivity contribution in [1.82, 2.24) is 20.1 Å². The zero-order valence-corrected chi connectivity index (χ0v) is 21.2. The molecule has 2 aliphatic rings. The molecule has 2 N–H and O–H groups in total. The van der Waals surface area contributed by atoms with Crippen LogP contribution in [0.5, 0.6) is 0 Å². The summed E-state index contributed by atoms with van der Waals surface area (Å²) in [6, 6.07) is 22.0. The highest BCUT2D eigenvalue weighted by atomic mass is 16.2. The van der Waals surface area contributed by atoms with Crippen LogP contribution in [0.2, 0.25) is 0 Å². The van der Waals surface area contributed by atoms with Crippen LogP contribution in [0, 0.1) is 0 Å². The molecule has 0 saturated carbocycles. The van der Waals surface area contributed by atoms with Crippen molar-refractivity contribution in [2.75, 3.05) is 31.5 Å². The van der Waals surface area contributed by atoms with E-state index in [0.29, 0.717) is 29.5 Å². The summed E-state index contributed by atoms with van der Waals surface area (Å²) in [5.74, 6) is -0.252. The van der Waals surface area contributed by atoms with Crippen molar-refractivity contribution in [3.05, 3.63) is 95.3 Å². The summed E-state index contributed by atoms with van der Waals surface area (Å²) in [5, 5.41) is 6.64. The van der Waals surface area contributed by atoms with Crippen molar-refractivity contribution < 1.29 is 9.59 Å². The van der Waals surface area contributed by atoms with E-state index < -0.39 is 0 Å². The Morgan fingerprint density at radius 3 is 2.35 bits per heavy atom. The second-order valence-corrected chi connectivity index (χ2v) is 10.0. The van der Waals surface area contributed by atoms with Crippen LogP contribution >= 0.6 is 0 Å². The number of carbonyl (C=O) groups excluding carboxylic acids is 2. The van der Waals surface area contributed by atoms with Gasteiger partial charge in [0.05, 0.1) is 0 Å². The molecule has 5 rings (SSSR count). The lowest BCUT2D eigenvalue weighted by molar-refractivity contribution is 0.0792. The van der Waals surface area contributed by atoms with Crippen LogP contribution in [-0.4, -0.2) is 58.8 Å². The highest BCUT2D eigenvalue weighted by Gasteiger charge is 2.22. The molecule has 0 radical (unpaired) electrons. The Kier molecular flexibility index (Phi) is 8.23. The molecule has 7 heteroatoms. The average molecular weight is 498 g/mol. The molecule has 37 heavy (non-hydrogen) atoms. The molecular weight excluding hydrogens is 462 g/mol. The fourth-order valence-electron chi connectivity index (χ4n) is 5.18. The minimum absolute atomic E-state index is 0.0295. The SMILES string of the molecule is O=C(Nc1cc(CNC2CCN(Cc3ccccc3)CC2)cc(C(=O)N2CCCC2)c1)c1ccccn1. The van der Waals surface area contributed by atoms with Crippen molar-refractivity contribution in [3.63, 3.8) is 0 Å². The van der Waals surface area contributed by atoms with Crippen molar-refractivity contribution in [2.45, 2.75) is 44.8 Å². The van der Waals surface area contributed by atoms with Gasteiger partial charge in [-0.05, 0) is 80.2 Å². The zero-order chi connectivity index (χ0) is 25.5. The van der Waals surface area contributed by atoms with E-state index in [2.05, 4.69) is 50.8 Å². The van der Waals surface area contributed by atoms with E-state index in [1.807, 2.05) is 17.0 Å². The second-order valence-electron chi connectivity index (χ2n) is 10.0. The maximum atomic E-state index is 13.2. The van der Waals surface area contributed by atoms with Crippen molar-refractivity contribution >= 4 is 17.5 Å². The molecule has 2 amide bonds. The minimum atomic E-state index is -0.281. The van der Waals surface area contributed by atoms with Gasteiger partial charge in [0.25, 0.3) is 11.8 Å². The molecular formula is C30H35N5O2. The molecule has 0 spiro atoms. The number of carbonyl (C=O) groups is 2. The normalized spacial score (nSPS) is 16.6. The monoisotopic (exact) mass is 497 g/mol. The molecule has 0 bridgehead atoms. The Labute approximate surface area is 218 Å². The maximum Gasteiger partial charge on any atom is 0.274 e. The molecule has 1 aromatic heterocycles. The Bertz CT molecular complexity index is 1190. The number of aromatic nitrogens is 1. The average Bonchev–Trinajstić information content (AvgIpc) is 3.48. The third-order valence-corrected chi connectivity index (χ3v) is 7.22. The first-order valence-electron chi connectivity index (χ1n) is 13.3. The largest absolute Gasteiger partial charge is 0.339 e. The Balaban J connectivity index is 1.23. The van der Waals surface area contributed by atoms with Gasteiger partial charge in [-0.2, -0.15) is 0 Å². The van der Waals surface area contributed by atoms with Gasteiger partial charge in [-0.15, -0.1) is 0 Å². The van der Waals surface area contributed by atoms with E-state index in [1.165, 1.54) is 5.56 Å². The molecule has 7 nitrogen and oxygen atoms in total. The molecule has 192 valence electrons. The summed E-state index contributed by atoms with van der Waals surface area (Å²) in [7, 11) is 0. The van der Waals surface area contributed by atoms with Crippen molar-refractivity contribution in [1.29, 1.82) is 0 Å². The van der Waals surface area contributed by atoms with E-state index in [-0.39, 0.29) is 11.8 Å². The van der Waals surface area contributed by atoms with Gasteiger partial charge in [-0.3, -0.25) is 19.5 Å². The number of benzene rings is 2. The Morgan fingerprint density at radius 2 is 1.62 bits per heavy atom. The number of anilines is 1. The molecule has 0 aliphatic carbocycles. The van der Waals surface area contributed by atoms with Crippen LogP contribution in [0.3, 0.4) is 0 Å². The van der Waals surface area contributed by atoms with Gasteiger partial charge < -0.3 is 15.5 Å². The van der Waals surface area contributed by atoms with Gasteiger partial charge in [-0.1, -0.05) is 36.4 Å². The van der Waals surface area contributed by atoms with E-state index in [4.69, 9.17) is 0 Å². The van der Waals surface area contributed by atoms with E-state index in [1.54, 1.807) is 30.5 Å². The maximum absolute atomic E-state index is 13.2. The lowest BCUT2D eigenvalue weighted by atomic mass is 10.0. The first kappa shape index (κ1) is 25.1. The van der Waals surface area contributed by atoms with Crippen LogP contribution < -0.4 is 10.6 Å². The lowest BCUT2D eigenvalue weighted by Gasteiger charge is -2.32. The number of rotatable bonds is 8. The van der Waals surface area contributed by atoms with Crippen molar-refractivity contribution in [2.24, 2.45) is 0 Å². The summed E-state index contributed by atoms with van der Waals surface area (Å²) < 4.78 is 0. The molecule has 2 aliphatic heterocycles. The summed E-state index contributed by atoms with van der Waals surface area (Å²) in [4.78, 5) is 34.5. The van der Waals surface area contributed by atoms with Gasteiger partial charge in [0.2, 0.25) is 0 Å². The lowest BCUT2D eigenvalue weighted by Crippen LogP contribution is -2.41. The van der Waals surface area contributed by atoms with Crippen LogP contribution in [0.1, 0.15) is 57.7 Å². The van der Waals surface area contributed by atoms with Gasteiger partial charge in [-0.25, -0.2) is 0 Å². The number of nitrogens with one attached hydrogen (secondary N) is 2. The van der Waals surface area contributed by atoms with Crippen LogP contribution in [-0.2, 0) is 13.1 Å². The van der Waals surface area contributed by atoms with Crippen LogP contribution in [0.25, 0.3) is 0 Å². The predicted octanol–water partition coefficient (Wildman–Crippen LogP) is 4.32. The number of nitrogens with zero attached hydrogens (tertiary/aromatic N) is 3. The van der Waals surface area contributed by atoms with Gasteiger partial charge in [0, 0.05) is 49.7 Å². The molecule has 2 fully saturated rings. The second kappa shape index (κ2) is 12.1. The Hall–Kier alpha value is -3.55. The summed E-state index contributed by atoms with van der Waals surface area (Å²) >= 11 is 0. The van der Waals surface area contributed by atoms with E-state index in [9.17, 15) is 9.59 Å². The number of hydrogen-bond acceptors (Lipinski definition) is 5. The minimum Gasteiger partial charge on any atom is -0.339 e. The highest BCUT2D eigenvalue weighted by Crippen LogP contribution is 2.21. The van der Waals surface area contributed by atoms with E-state index in [0.717, 1.165) is 64.0 Å². The third kappa shape index (κ3) is 6.81. The molecule has 0 unspecified atom stereocenters. The number of hydrogen-bond donors (Lipinski definition) is 2. The standard InChI is InChI=1S/C30H35N5O2/c36-29(28-10-4-5-13-31-28)33-27-19-24(18-25(20-27)30(37)35-14-6-7-15-35)21-32-26-11-16-34(17-12-26)22-23-8-2-1-3-9-23/h1-5,8-10,13,18-20,26,32H,6-7,11-12,14-17,21-22H2,(H,33,36). The number of amides is 2. The van der Waals surface area contributed by atoms with Gasteiger partial charge >= 0.3 is 0 Å². The van der Waals surface area contributed by atoms with Gasteiger partial charge in [0.15, 0.2) is 0 Å². The quantitative estimate of drug-likeness (QED) is 0.485. The first-order chi connectivity index (χ1) is 18.1. The summed E-state index contributed by atoms with van der Waals surface area (Å²) in [6.07, 6.45) is 5.85. The molecule has 3 aromatic rings. The number of likely N-dealkylation sites (tertiary alicyclic amines) is 2. The smallest absolute Gasteiger partial charge is 0.274 e. The zero-order valence-electron chi connectivity index (χ0n) is 21.2. The van der Waals surface area contributed by atoms with Crippen LogP contribution in [0.15, 0.2) is 72.9 Å². The fourth-order valence-corrected chi connectivity index (χ4v) is 5.18. The van der Waals surface area contributed by atoms with Crippen LogP contribution in [0.4, 0.5) is 5.69 Å². The first-order valence-corrected chi connectivity index (χ1v) is 13.3. The number of pyridine rings is 1. The van der Waals surface area contributed by atoms with Gasteiger partial charge in [0.1, 0.15) is 5.69 Å². The van der Waals surface area contributed by atoms with Crippen molar-refractivity contribution in [3.8, 4) is 0 Å². The molecule has 2 aromatic carbocycles. The highest BCUT2D eigenvalue weighted by molar-refractivity contribution is 6.04. The molecule has 3 heterocycles. The summed E-state index contributed by atoms with van der Waals surface area (Å²) in [5.41, 5.74) is 3.94. The predicted molar refractivity (Wildman–Crippen MR) is 145 cm³/mol. The molecule has 2 saturated heterocycles.